The third-order valence-corrected chi connectivity index (χ3v) is 3.52. The second kappa shape index (κ2) is 6.01. The second-order valence-electron chi connectivity index (χ2n) is 5.13. The number of carbonyl (C=O) groups excluding carboxylic acids is 1. The predicted molar refractivity (Wildman–Crippen MR) is 73.2 cm³/mol. The number of hydrogen-bond donors (Lipinski definition) is 1. The molecule has 1 N–H and O–H groups in total. The molecule has 0 bridgehead atoms. The van der Waals surface area contributed by atoms with Crippen LogP contribution in [0.2, 0.25) is 0 Å². The van der Waals surface area contributed by atoms with Gasteiger partial charge in [-0.1, -0.05) is 29.8 Å². The Morgan fingerprint density at radius 2 is 2.22 bits per heavy atom. The predicted octanol–water partition coefficient (Wildman–Crippen LogP) is 1.95. The fraction of sp³-hybridized carbons (Fsp3) is 0.533. The van der Waals surface area contributed by atoms with Gasteiger partial charge in [-0.2, -0.15) is 0 Å². The van der Waals surface area contributed by atoms with Crippen molar-refractivity contribution in [2.24, 2.45) is 5.92 Å². The van der Waals surface area contributed by atoms with E-state index in [0.717, 1.165) is 26.2 Å². The van der Waals surface area contributed by atoms with Crippen LogP contribution in [0.1, 0.15) is 24.5 Å². The highest BCUT2D eigenvalue weighted by molar-refractivity contribution is 5.76. The normalized spacial score (nSPS) is 15.2. The van der Waals surface area contributed by atoms with Crippen LogP contribution in [0.5, 0.6) is 0 Å². The van der Waals surface area contributed by atoms with E-state index in [9.17, 15) is 4.79 Å². The summed E-state index contributed by atoms with van der Waals surface area (Å²) in [5.41, 5.74) is 2.47. The smallest absolute Gasteiger partial charge is 0.223 e. The third-order valence-electron chi connectivity index (χ3n) is 3.52. The lowest BCUT2D eigenvalue weighted by Crippen LogP contribution is -2.45. The van der Waals surface area contributed by atoms with E-state index in [1.54, 1.807) is 0 Å². The summed E-state index contributed by atoms with van der Waals surface area (Å²) < 4.78 is 0. The minimum atomic E-state index is 0.283. The molecule has 1 aliphatic rings. The van der Waals surface area contributed by atoms with E-state index in [4.69, 9.17) is 0 Å². The van der Waals surface area contributed by atoms with E-state index in [1.165, 1.54) is 11.1 Å². The number of carbonyl (C=O) groups is 1. The highest BCUT2D eigenvalue weighted by Crippen LogP contribution is 2.13. The van der Waals surface area contributed by atoms with Crippen molar-refractivity contribution >= 4 is 5.91 Å². The number of nitrogens with one attached hydrogen (secondary N) is 1. The Morgan fingerprint density at radius 1 is 1.44 bits per heavy atom. The summed E-state index contributed by atoms with van der Waals surface area (Å²) >= 11 is 0. The summed E-state index contributed by atoms with van der Waals surface area (Å²) in [5.74, 6) is 0.828. The molecule has 1 amide bonds. The fourth-order valence-electron chi connectivity index (χ4n) is 2.28. The van der Waals surface area contributed by atoms with Crippen molar-refractivity contribution < 1.29 is 4.79 Å². The number of aryl methyl sites for hydroxylation is 1. The molecule has 0 unspecified atom stereocenters. The van der Waals surface area contributed by atoms with Crippen molar-refractivity contribution in [1.29, 1.82) is 0 Å². The van der Waals surface area contributed by atoms with E-state index < -0.39 is 0 Å². The van der Waals surface area contributed by atoms with E-state index in [0.29, 0.717) is 12.3 Å². The first-order valence-electron chi connectivity index (χ1n) is 6.73. The van der Waals surface area contributed by atoms with E-state index in [-0.39, 0.29) is 5.91 Å². The molecule has 0 radical (unpaired) electrons. The zero-order chi connectivity index (χ0) is 13.0. The first-order chi connectivity index (χ1) is 8.69. The molecule has 1 heterocycles. The fourth-order valence-corrected chi connectivity index (χ4v) is 2.28. The Labute approximate surface area is 109 Å². The maximum absolute atomic E-state index is 12.2. The molecule has 1 aromatic rings. The highest BCUT2D eigenvalue weighted by Gasteiger charge is 2.22. The molecule has 1 fully saturated rings. The molecule has 0 aliphatic carbocycles. The topological polar surface area (TPSA) is 32.3 Å². The number of rotatable bonds is 5. The van der Waals surface area contributed by atoms with Gasteiger partial charge in [0.15, 0.2) is 0 Å². The molecule has 1 aromatic carbocycles. The second-order valence-corrected chi connectivity index (χ2v) is 5.13. The number of amides is 1. The molecular weight excluding hydrogens is 224 g/mol. The average Bonchev–Trinajstić information content (AvgIpc) is 2.30. The van der Waals surface area contributed by atoms with Crippen LogP contribution in [0.3, 0.4) is 0 Å². The van der Waals surface area contributed by atoms with E-state index in [2.05, 4.69) is 36.5 Å². The van der Waals surface area contributed by atoms with Crippen LogP contribution >= 0.6 is 0 Å². The van der Waals surface area contributed by atoms with Crippen LogP contribution in [0.4, 0.5) is 0 Å². The maximum Gasteiger partial charge on any atom is 0.223 e. The minimum Gasteiger partial charge on any atom is -0.339 e. The van der Waals surface area contributed by atoms with Gasteiger partial charge in [-0.25, -0.2) is 0 Å². The van der Waals surface area contributed by atoms with Gasteiger partial charge < -0.3 is 10.2 Å². The first-order valence-corrected chi connectivity index (χ1v) is 6.73. The number of nitrogens with zero attached hydrogens (tertiary/aromatic N) is 1. The summed E-state index contributed by atoms with van der Waals surface area (Å²) in [6.07, 6.45) is 0.687. The Morgan fingerprint density at radius 3 is 2.78 bits per heavy atom. The zero-order valence-corrected chi connectivity index (χ0v) is 11.3. The molecule has 2 rings (SSSR count). The van der Waals surface area contributed by atoms with Gasteiger partial charge >= 0.3 is 0 Å². The summed E-state index contributed by atoms with van der Waals surface area (Å²) in [6.45, 7) is 7.64. The van der Waals surface area contributed by atoms with Gasteiger partial charge in [-0.3, -0.25) is 4.79 Å². The summed E-state index contributed by atoms with van der Waals surface area (Å²) in [6, 6.07) is 8.38. The monoisotopic (exact) mass is 246 g/mol. The Balaban J connectivity index is 1.93. The maximum atomic E-state index is 12.2. The van der Waals surface area contributed by atoms with Gasteiger partial charge in [0.05, 0.1) is 0 Å². The number of hydrogen-bond acceptors (Lipinski definition) is 2. The van der Waals surface area contributed by atoms with Gasteiger partial charge in [0.25, 0.3) is 0 Å². The average molecular weight is 246 g/mol. The highest BCUT2D eigenvalue weighted by atomic mass is 16.2. The van der Waals surface area contributed by atoms with Crippen molar-refractivity contribution in [3.8, 4) is 0 Å². The van der Waals surface area contributed by atoms with E-state index in [1.807, 2.05) is 11.8 Å². The standard InChI is InChI=1S/C15H22N2O/c1-3-17(15(18)8-14-9-16-10-14)11-13-6-4-5-12(2)7-13/h4-7,14,16H,3,8-11H2,1-2H3. The molecule has 98 valence electrons. The van der Waals surface area contributed by atoms with Crippen LogP contribution in [0.15, 0.2) is 24.3 Å². The van der Waals surface area contributed by atoms with Crippen molar-refractivity contribution in [2.45, 2.75) is 26.8 Å². The minimum absolute atomic E-state index is 0.283. The van der Waals surface area contributed by atoms with Crippen LogP contribution in [-0.4, -0.2) is 30.4 Å². The van der Waals surface area contributed by atoms with Crippen LogP contribution in [0, 0.1) is 12.8 Å². The molecule has 0 aromatic heterocycles. The molecule has 3 nitrogen and oxygen atoms in total. The van der Waals surface area contributed by atoms with Crippen molar-refractivity contribution in [2.75, 3.05) is 19.6 Å². The molecule has 18 heavy (non-hydrogen) atoms. The van der Waals surface area contributed by atoms with Gasteiger partial charge in [-0.15, -0.1) is 0 Å². The Kier molecular flexibility index (Phi) is 4.37. The quantitative estimate of drug-likeness (QED) is 0.861. The van der Waals surface area contributed by atoms with Gasteiger partial charge in [0.2, 0.25) is 5.91 Å². The molecule has 3 heteroatoms. The molecule has 1 aliphatic heterocycles. The number of benzene rings is 1. The van der Waals surface area contributed by atoms with Crippen LogP contribution < -0.4 is 5.32 Å². The molecule has 0 spiro atoms. The summed E-state index contributed by atoms with van der Waals surface area (Å²) in [4.78, 5) is 14.1. The lowest BCUT2D eigenvalue weighted by atomic mass is 9.98. The van der Waals surface area contributed by atoms with Crippen LogP contribution in [-0.2, 0) is 11.3 Å². The summed E-state index contributed by atoms with van der Waals surface area (Å²) in [7, 11) is 0. The van der Waals surface area contributed by atoms with Gasteiger partial charge in [0.1, 0.15) is 0 Å². The summed E-state index contributed by atoms with van der Waals surface area (Å²) in [5, 5.41) is 3.21. The lowest BCUT2D eigenvalue weighted by molar-refractivity contribution is -0.133. The van der Waals surface area contributed by atoms with Crippen molar-refractivity contribution in [3.63, 3.8) is 0 Å². The molecule has 0 atom stereocenters. The molecule has 0 saturated carbocycles. The molecule has 1 saturated heterocycles. The third kappa shape index (κ3) is 3.33. The molecular formula is C15H22N2O. The van der Waals surface area contributed by atoms with Crippen molar-refractivity contribution in [1.82, 2.24) is 10.2 Å². The van der Waals surface area contributed by atoms with Gasteiger partial charge in [0, 0.05) is 19.5 Å². The SMILES string of the molecule is CCN(Cc1cccc(C)c1)C(=O)CC1CNC1. The first kappa shape index (κ1) is 13.1. The van der Waals surface area contributed by atoms with E-state index >= 15 is 0 Å². The van der Waals surface area contributed by atoms with Crippen molar-refractivity contribution in [3.05, 3.63) is 35.4 Å². The van der Waals surface area contributed by atoms with Gasteiger partial charge in [-0.05, 0) is 38.4 Å². The Hall–Kier alpha value is -1.35. The lowest BCUT2D eigenvalue weighted by Gasteiger charge is -2.29. The zero-order valence-electron chi connectivity index (χ0n) is 11.3. The Bertz CT molecular complexity index is 413. The largest absolute Gasteiger partial charge is 0.339 e. The van der Waals surface area contributed by atoms with Crippen LogP contribution in [0.25, 0.3) is 0 Å².